The van der Waals surface area contributed by atoms with Gasteiger partial charge in [-0.05, 0) is 27.2 Å². The van der Waals surface area contributed by atoms with E-state index in [0.717, 1.165) is 29.0 Å². The van der Waals surface area contributed by atoms with E-state index in [1.165, 1.54) is 0 Å². The van der Waals surface area contributed by atoms with Gasteiger partial charge in [-0.1, -0.05) is 0 Å². The normalized spacial score (nSPS) is 24.4. The zero-order valence-corrected chi connectivity index (χ0v) is 12.8. The highest BCUT2D eigenvalue weighted by atomic mass is 32.2. The molecule has 1 saturated heterocycles. The molecule has 19 heavy (non-hydrogen) atoms. The van der Waals surface area contributed by atoms with Crippen LogP contribution in [0.25, 0.3) is 0 Å². The van der Waals surface area contributed by atoms with Crippen LogP contribution in [0.4, 0.5) is 0 Å². The van der Waals surface area contributed by atoms with Crippen molar-refractivity contribution in [2.45, 2.75) is 44.3 Å². The Morgan fingerprint density at radius 3 is 2.84 bits per heavy atom. The van der Waals surface area contributed by atoms with E-state index in [0.29, 0.717) is 12.4 Å². The van der Waals surface area contributed by atoms with E-state index in [-0.39, 0.29) is 11.4 Å². The predicted molar refractivity (Wildman–Crippen MR) is 75.9 cm³/mol. The summed E-state index contributed by atoms with van der Waals surface area (Å²) in [6.07, 6.45) is 2.73. The molecule has 0 saturated carbocycles. The molecular weight excluding hydrogens is 262 g/mol. The fourth-order valence-corrected chi connectivity index (χ4v) is 4.16. The highest BCUT2D eigenvalue weighted by Gasteiger charge is 2.30. The topological polar surface area (TPSA) is 48.4 Å². The van der Waals surface area contributed by atoms with Gasteiger partial charge in [-0.2, -0.15) is 0 Å². The number of ether oxygens (including phenoxy) is 2. The third-order valence-electron chi connectivity index (χ3n) is 3.67. The first-order chi connectivity index (χ1) is 9.04. The Kier molecular flexibility index (Phi) is 4.58. The van der Waals surface area contributed by atoms with Crippen molar-refractivity contribution in [3.05, 3.63) is 23.0 Å². The minimum absolute atomic E-state index is 0.0773. The molecule has 1 aromatic heterocycles. The van der Waals surface area contributed by atoms with Crippen molar-refractivity contribution in [2.75, 3.05) is 13.7 Å². The van der Waals surface area contributed by atoms with Crippen molar-refractivity contribution in [2.24, 2.45) is 0 Å². The molecule has 1 fully saturated rings. The molecule has 0 bridgehead atoms. The lowest BCUT2D eigenvalue weighted by Gasteiger charge is -2.16. The summed E-state index contributed by atoms with van der Waals surface area (Å²) in [4.78, 5) is 4.41. The van der Waals surface area contributed by atoms with Gasteiger partial charge in [0.05, 0.1) is 29.9 Å². The van der Waals surface area contributed by atoms with Gasteiger partial charge < -0.3 is 9.47 Å². The van der Waals surface area contributed by atoms with Crippen molar-refractivity contribution < 1.29 is 13.7 Å². The van der Waals surface area contributed by atoms with Crippen molar-refractivity contribution in [1.82, 2.24) is 4.98 Å². The Labute approximate surface area is 117 Å². The van der Waals surface area contributed by atoms with Crippen LogP contribution in [0.5, 0.6) is 5.75 Å². The van der Waals surface area contributed by atoms with E-state index >= 15 is 0 Å². The number of hydrogen-bond donors (Lipinski definition) is 0. The van der Waals surface area contributed by atoms with Gasteiger partial charge in [0.25, 0.3) is 0 Å². The van der Waals surface area contributed by atoms with E-state index in [1.807, 2.05) is 20.8 Å². The third kappa shape index (κ3) is 2.98. The molecule has 0 spiro atoms. The van der Waals surface area contributed by atoms with Crippen LogP contribution in [0.3, 0.4) is 0 Å². The highest BCUT2D eigenvalue weighted by Crippen LogP contribution is 2.27. The van der Waals surface area contributed by atoms with Crippen LogP contribution < -0.4 is 4.74 Å². The summed E-state index contributed by atoms with van der Waals surface area (Å²) in [6, 6.07) is 0. The van der Waals surface area contributed by atoms with Crippen LogP contribution >= 0.6 is 0 Å². The average Bonchev–Trinajstić information content (AvgIpc) is 2.80. The fraction of sp³-hybridized carbons (Fsp3) is 0.643. The first-order valence-electron chi connectivity index (χ1n) is 6.52. The maximum Gasteiger partial charge on any atom is 0.128 e. The minimum Gasteiger partial charge on any atom is -0.496 e. The van der Waals surface area contributed by atoms with Crippen LogP contribution in [0.15, 0.2) is 6.20 Å². The Hall–Kier alpha value is -0.940. The lowest BCUT2D eigenvalue weighted by atomic mass is 10.1. The van der Waals surface area contributed by atoms with Crippen molar-refractivity contribution in [1.29, 1.82) is 0 Å². The van der Waals surface area contributed by atoms with E-state index in [1.54, 1.807) is 13.3 Å². The van der Waals surface area contributed by atoms with Crippen LogP contribution in [-0.4, -0.2) is 34.3 Å². The molecule has 1 aliphatic heterocycles. The van der Waals surface area contributed by atoms with Gasteiger partial charge in [-0.15, -0.1) is 0 Å². The second kappa shape index (κ2) is 6.01. The number of hydrogen-bond acceptors (Lipinski definition) is 4. The zero-order valence-electron chi connectivity index (χ0n) is 11.9. The molecule has 2 heterocycles. The molecule has 0 amide bonds. The van der Waals surface area contributed by atoms with Crippen LogP contribution in [0.1, 0.15) is 30.2 Å². The van der Waals surface area contributed by atoms with Gasteiger partial charge in [0, 0.05) is 34.7 Å². The van der Waals surface area contributed by atoms with Gasteiger partial charge in [-0.25, -0.2) is 0 Å². The highest BCUT2D eigenvalue weighted by molar-refractivity contribution is 7.84. The molecular formula is C14H21NO3S. The SMILES string of the molecule is COc1c(C)cnc(C[S@](=O)[C@@H]2CCO[C@@H]2C)c1C. The number of aryl methyl sites for hydroxylation is 1. The minimum atomic E-state index is -0.947. The Morgan fingerprint density at radius 1 is 1.53 bits per heavy atom. The molecule has 106 valence electrons. The zero-order chi connectivity index (χ0) is 14.0. The molecule has 3 atom stereocenters. The fourth-order valence-electron chi connectivity index (χ4n) is 2.52. The lowest BCUT2D eigenvalue weighted by Crippen LogP contribution is -2.24. The van der Waals surface area contributed by atoms with Gasteiger partial charge in [-0.3, -0.25) is 9.19 Å². The first kappa shape index (κ1) is 14.5. The van der Waals surface area contributed by atoms with E-state index in [9.17, 15) is 4.21 Å². The Balaban J connectivity index is 2.17. The molecule has 4 nitrogen and oxygen atoms in total. The lowest BCUT2D eigenvalue weighted by molar-refractivity contribution is 0.127. The maximum atomic E-state index is 12.4. The standard InChI is InChI=1S/C14H21NO3S/c1-9-7-15-12(10(2)14(9)17-4)8-19(16)13-5-6-18-11(13)3/h7,11,13H,5-6,8H2,1-4H3/t11-,13-,19+/m1/s1. The third-order valence-corrected chi connectivity index (χ3v) is 5.53. The smallest absolute Gasteiger partial charge is 0.128 e. The van der Waals surface area contributed by atoms with Crippen molar-refractivity contribution in [3.8, 4) is 5.75 Å². The number of aromatic nitrogens is 1. The number of nitrogens with zero attached hydrogens (tertiary/aromatic N) is 1. The molecule has 0 radical (unpaired) electrons. The Morgan fingerprint density at radius 2 is 2.26 bits per heavy atom. The molecule has 0 N–H and O–H groups in total. The van der Waals surface area contributed by atoms with Gasteiger partial charge >= 0.3 is 0 Å². The van der Waals surface area contributed by atoms with Crippen molar-refractivity contribution in [3.63, 3.8) is 0 Å². The average molecular weight is 283 g/mol. The summed E-state index contributed by atoms with van der Waals surface area (Å²) in [5.41, 5.74) is 2.86. The van der Waals surface area contributed by atoms with Crippen LogP contribution in [-0.2, 0) is 21.3 Å². The molecule has 5 heteroatoms. The van der Waals surface area contributed by atoms with Crippen molar-refractivity contribution >= 4 is 10.8 Å². The summed E-state index contributed by atoms with van der Waals surface area (Å²) in [5, 5.41) is 0.119. The second-order valence-electron chi connectivity index (χ2n) is 4.97. The monoisotopic (exact) mass is 283 g/mol. The molecule has 0 aliphatic carbocycles. The van der Waals surface area contributed by atoms with E-state index in [2.05, 4.69) is 4.98 Å². The number of rotatable bonds is 4. The van der Waals surface area contributed by atoms with Crippen LogP contribution in [0.2, 0.25) is 0 Å². The number of methoxy groups -OCH3 is 1. The quantitative estimate of drug-likeness (QED) is 0.849. The van der Waals surface area contributed by atoms with E-state index in [4.69, 9.17) is 9.47 Å². The van der Waals surface area contributed by atoms with E-state index < -0.39 is 10.8 Å². The molecule has 0 unspecified atom stereocenters. The van der Waals surface area contributed by atoms with Gasteiger partial charge in [0.2, 0.25) is 0 Å². The first-order valence-corrected chi connectivity index (χ1v) is 7.90. The summed E-state index contributed by atoms with van der Waals surface area (Å²) in [5.74, 6) is 1.32. The van der Waals surface area contributed by atoms with Gasteiger partial charge in [0.15, 0.2) is 0 Å². The molecule has 1 aliphatic rings. The molecule has 2 rings (SSSR count). The summed E-state index contributed by atoms with van der Waals surface area (Å²) >= 11 is 0. The molecule has 0 aromatic carbocycles. The maximum absolute atomic E-state index is 12.4. The largest absolute Gasteiger partial charge is 0.496 e. The summed E-state index contributed by atoms with van der Waals surface area (Å²) in [7, 11) is 0.709. The second-order valence-corrected chi connectivity index (χ2v) is 6.63. The van der Waals surface area contributed by atoms with Gasteiger partial charge in [0.1, 0.15) is 5.75 Å². The molecule has 1 aromatic rings. The predicted octanol–water partition coefficient (Wildman–Crippen LogP) is 2.13. The van der Waals surface area contributed by atoms with Crippen LogP contribution in [0, 0.1) is 13.8 Å². The summed E-state index contributed by atoms with van der Waals surface area (Å²) in [6.45, 7) is 6.64. The summed E-state index contributed by atoms with van der Waals surface area (Å²) < 4.78 is 23.3. The number of pyridine rings is 1. The Bertz CT molecular complexity index is 490.